The largest absolute Gasteiger partial charge is 0.420 e. The molecule has 0 bridgehead atoms. The highest BCUT2D eigenvalue weighted by molar-refractivity contribution is 6.81. The first-order valence-corrected chi connectivity index (χ1v) is 7.03. The van der Waals surface area contributed by atoms with Crippen LogP contribution >= 0.6 is 0 Å². The minimum Gasteiger partial charge on any atom is -0.420 e. The van der Waals surface area contributed by atoms with Crippen molar-refractivity contribution in [3.8, 4) is 0 Å². The Morgan fingerprint density at radius 3 is 2.33 bits per heavy atom. The molecule has 3 aromatic carbocycles. The Morgan fingerprint density at radius 2 is 1.57 bits per heavy atom. The van der Waals surface area contributed by atoms with Crippen LogP contribution in [0.25, 0.3) is 16.8 Å². The average Bonchev–Trinajstić information content (AvgIpc) is 2.53. The van der Waals surface area contributed by atoms with E-state index in [-0.39, 0.29) is 12.7 Å². The van der Waals surface area contributed by atoms with E-state index in [4.69, 9.17) is 0 Å². The average molecular weight is 273 g/mol. The molecule has 1 aliphatic rings. The molecule has 0 unspecified atom stereocenters. The van der Waals surface area contributed by atoms with Crippen molar-refractivity contribution in [1.29, 1.82) is 0 Å². The second kappa shape index (κ2) is 4.78. The van der Waals surface area contributed by atoms with Gasteiger partial charge in [0.2, 0.25) is 0 Å². The van der Waals surface area contributed by atoms with Gasteiger partial charge in [0.25, 0.3) is 0 Å². The number of hydrogen-bond donors (Lipinski definition) is 1. The zero-order chi connectivity index (χ0) is 14.2. The number of rotatable bonds is 1. The zero-order valence-corrected chi connectivity index (χ0v) is 11.4. The number of benzene rings is 3. The maximum Gasteiger partial charge on any atom is 0.313 e. The standard InChI is InChI=1S/C18H13BFN/c20-17-7-5-16(6-8-17)19-10-9-15-11-13-3-1-2-4-14(13)12-18(15)21-19/h1-12,21H. The summed E-state index contributed by atoms with van der Waals surface area (Å²) in [7, 11) is 0. The topological polar surface area (TPSA) is 12.0 Å². The quantitative estimate of drug-likeness (QED) is 0.664. The minimum absolute atomic E-state index is 0.0827. The van der Waals surface area contributed by atoms with Gasteiger partial charge < -0.3 is 5.23 Å². The normalized spacial score (nSPS) is 13.1. The SMILES string of the molecule is Fc1ccc(B2C=Cc3cc4ccccc4cc3N2)cc1. The smallest absolute Gasteiger partial charge is 0.313 e. The Hall–Kier alpha value is -2.55. The van der Waals surface area contributed by atoms with E-state index in [1.165, 1.54) is 28.5 Å². The van der Waals surface area contributed by atoms with E-state index in [1.54, 1.807) is 0 Å². The number of halogens is 1. The van der Waals surface area contributed by atoms with Gasteiger partial charge in [-0.3, -0.25) is 0 Å². The summed E-state index contributed by atoms with van der Waals surface area (Å²) in [6.45, 7) is 0.0827. The molecule has 0 aromatic heterocycles. The molecule has 0 atom stereocenters. The first kappa shape index (κ1) is 12.2. The van der Waals surface area contributed by atoms with Gasteiger partial charge >= 0.3 is 6.85 Å². The van der Waals surface area contributed by atoms with E-state index in [0.29, 0.717) is 0 Å². The molecule has 100 valence electrons. The van der Waals surface area contributed by atoms with Crippen LogP contribution in [0.3, 0.4) is 0 Å². The summed E-state index contributed by atoms with van der Waals surface area (Å²) in [5.41, 5.74) is 3.36. The fourth-order valence-corrected chi connectivity index (χ4v) is 2.80. The Labute approximate surface area is 123 Å². The molecule has 0 fully saturated rings. The van der Waals surface area contributed by atoms with Crippen LogP contribution in [0, 0.1) is 5.82 Å². The molecule has 0 aliphatic carbocycles. The monoisotopic (exact) mass is 273 g/mol. The van der Waals surface area contributed by atoms with E-state index in [2.05, 4.69) is 47.6 Å². The molecule has 4 rings (SSSR count). The third-order valence-electron chi connectivity index (χ3n) is 3.93. The van der Waals surface area contributed by atoms with Gasteiger partial charge in [-0.25, -0.2) is 4.39 Å². The molecule has 0 saturated heterocycles. The van der Waals surface area contributed by atoms with E-state index >= 15 is 0 Å². The molecule has 3 aromatic rings. The Morgan fingerprint density at radius 1 is 0.857 bits per heavy atom. The van der Waals surface area contributed by atoms with Crippen LogP contribution in [0.4, 0.5) is 10.1 Å². The summed E-state index contributed by atoms with van der Waals surface area (Å²) in [6.07, 6.45) is 2.13. The van der Waals surface area contributed by atoms with Gasteiger partial charge in [-0.2, -0.15) is 0 Å². The van der Waals surface area contributed by atoms with Crippen LogP contribution in [0.1, 0.15) is 5.56 Å². The Balaban J connectivity index is 1.74. The van der Waals surface area contributed by atoms with Gasteiger partial charge in [0, 0.05) is 5.69 Å². The highest BCUT2D eigenvalue weighted by Crippen LogP contribution is 2.27. The summed E-state index contributed by atoms with van der Waals surface area (Å²) in [6, 6.07) is 19.3. The molecular weight excluding hydrogens is 260 g/mol. The number of fused-ring (bicyclic) bond motifs is 2. The molecule has 3 heteroatoms. The lowest BCUT2D eigenvalue weighted by Gasteiger charge is -2.20. The summed E-state index contributed by atoms with van der Waals surface area (Å²) in [5, 5.41) is 5.97. The third-order valence-corrected chi connectivity index (χ3v) is 3.93. The lowest BCUT2D eigenvalue weighted by Crippen LogP contribution is -2.38. The van der Waals surface area contributed by atoms with Gasteiger partial charge in [-0.1, -0.05) is 53.9 Å². The molecule has 1 aliphatic heterocycles. The van der Waals surface area contributed by atoms with Crippen molar-refractivity contribution in [2.45, 2.75) is 0 Å². The van der Waals surface area contributed by atoms with Crippen LogP contribution in [0.2, 0.25) is 0 Å². The molecule has 1 heterocycles. The maximum absolute atomic E-state index is 13.0. The van der Waals surface area contributed by atoms with Crippen LogP contribution in [-0.4, -0.2) is 6.85 Å². The molecule has 1 nitrogen and oxygen atoms in total. The summed E-state index contributed by atoms with van der Waals surface area (Å²) in [4.78, 5) is 0. The van der Waals surface area contributed by atoms with Crippen molar-refractivity contribution >= 4 is 34.8 Å². The lowest BCUT2D eigenvalue weighted by atomic mass is 9.54. The van der Waals surface area contributed by atoms with Gasteiger partial charge in [0.05, 0.1) is 0 Å². The second-order valence-corrected chi connectivity index (χ2v) is 5.32. The lowest BCUT2D eigenvalue weighted by molar-refractivity contribution is 0.628. The maximum atomic E-state index is 13.0. The minimum atomic E-state index is -0.204. The fraction of sp³-hybridized carbons (Fsp3) is 0. The predicted molar refractivity (Wildman–Crippen MR) is 88.4 cm³/mol. The van der Waals surface area contributed by atoms with Crippen molar-refractivity contribution in [3.05, 3.63) is 78.0 Å². The first-order chi connectivity index (χ1) is 10.3. The highest BCUT2D eigenvalue weighted by Gasteiger charge is 2.19. The zero-order valence-electron chi connectivity index (χ0n) is 11.4. The van der Waals surface area contributed by atoms with E-state index < -0.39 is 0 Å². The molecule has 21 heavy (non-hydrogen) atoms. The number of nitrogens with one attached hydrogen (secondary N) is 1. The molecule has 0 saturated carbocycles. The molecule has 0 amide bonds. The Bertz CT molecular complexity index is 839. The second-order valence-electron chi connectivity index (χ2n) is 5.32. The van der Waals surface area contributed by atoms with Crippen molar-refractivity contribution in [2.24, 2.45) is 0 Å². The van der Waals surface area contributed by atoms with Gasteiger partial charge in [0.15, 0.2) is 0 Å². The first-order valence-electron chi connectivity index (χ1n) is 7.03. The van der Waals surface area contributed by atoms with Crippen molar-refractivity contribution in [3.63, 3.8) is 0 Å². The van der Waals surface area contributed by atoms with Crippen molar-refractivity contribution in [2.75, 3.05) is 5.23 Å². The van der Waals surface area contributed by atoms with Crippen molar-refractivity contribution < 1.29 is 4.39 Å². The third kappa shape index (κ3) is 2.21. The number of anilines is 1. The summed E-state index contributed by atoms with van der Waals surface area (Å²) in [5.74, 6) is 1.91. The predicted octanol–water partition coefficient (Wildman–Crippen LogP) is 3.86. The van der Waals surface area contributed by atoms with E-state index in [1.807, 2.05) is 18.2 Å². The van der Waals surface area contributed by atoms with Crippen molar-refractivity contribution in [1.82, 2.24) is 0 Å². The van der Waals surface area contributed by atoms with Crippen LogP contribution in [-0.2, 0) is 0 Å². The Kier molecular flexibility index (Phi) is 2.78. The van der Waals surface area contributed by atoms with Crippen LogP contribution < -0.4 is 10.7 Å². The van der Waals surface area contributed by atoms with Gasteiger partial charge in [-0.15, -0.1) is 0 Å². The van der Waals surface area contributed by atoms with E-state index in [0.717, 1.165) is 11.2 Å². The highest BCUT2D eigenvalue weighted by atomic mass is 19.1. The van der Waals surface area contributed by atoms with Gasteiger partial charge in [-0.05, 0) is 40.6 Å². The summed E-state index contributed by atoms with van der Waals surface area (Å²) < 4.78 is 13.0. The van der Waals surface area contributed by atoms with Crippen LogP contribution in [0.15, 0.2) is 66.6 Å². The molecule has 1 N–H and O–H groups in total. The molecule has 0 radical (unpaired) electrons. The molecule has 0 spiro atoms. The number of hydrogen-bond acceptors (Lipinski definition) is 1. The van der Waals surface area contributed by atoms with E-state index in [9.17, 15) is 4.39 Å². The summed E-state index contributed by atoms with van der Waals surface area (Å²) >= 11 is 0. The van der Waals surface area contributed by atoms with Gasteiger partial charge in [0.1, 0.15) is 5.82 Å². The fourth-order valence-electron chi connectivity index (χ4n) is 2.80. The van der Waals surface area contributed by atoms with Crippen LogP contribution in [0.5, 0.6) is 0 Å². The molecular formula is C18H13BFN.